The van der Waals surface area contributed by atoms with Gasteiger partial charge in [0.15, 0.2) is 0 Å². The standard InChI is InChI=1S/C24H28F2N2O4S/c1-17-7-8-18(15-21(17)33(30,31)28-11-13-32-14-12-28)23(29)27-16-24(9-2-3-10-24)22-19(25)5-4-6-20(22)26/h4-8,15H,2-3,9-14,16H2,1H3,(H,27,29). The van der Waals surface area contributed by atoms with Gasteiger partial charge in [0, 0.05) is 36.2 Å². The lowest BCUT2D eigenvalue weighted by Gasteiger charge is -2.30. The predicted octanol–water partition coefficient (Wildman–Crippen LogP) is 3.54. The number of hydrogen-bond donors (Lipinski definition) is 1. The smallest absolute Gasteiger partial charge is 0.251 e. The van der Waals surface area contributed by atoms with Crippen molar-refractivity contribution in [2.24, 2.45) is 0 Å². The zero-order chi connectivity index (χ0) is 23.6. The van der Waals surface area contributed by atoms with E-state index in [9.17, 15) is 22.0 Å². The Morgan fingerprint density at radius 2 is 1.73 bits per heavy atom. The quantitative estimate of drug-likeness (QED) is 0.689. The summed E-state index contributed by atoms with van der Waals surface area (Å²) in [4.78, 5) is 13.1. The van der Waals surface area contributed by atoms with Crippen LogP contribution in [0.3, 0.4) is 0 Å². The van der Waals surface area contributed by atoms with Gasteiger partial charge in [0.2, 0.25) is 10.0 Å². The van der Waals surface area contributed by atoms with Gasteiger partial charge in [-0.15, -0.1) is 0 Å². The number of ether oxygens (including phenoxy) is 1. The molecule has 0 spiro atoms. The Balaban J connectivity index is 1.57. The largest absolute Gasteiger partial charge is 0.379 e. The number of nitrogens with one attached hydrogen (secondary N) is 1. The molecule has 0 unspecified atom stereocenters. The molecule has 2 fully saturated rings. The molecule has 1 saturated heterocycles. The fraction of sp³-hybridized carbons (Fsp3) is 0.458. The lowest BCUT2D eigenvalue weighted by atomic mass is 9.78. The van der Waals surface area contributed by atoms with Crippen molar-refractivity contribution in [3.05, 3.63) is 64.7 Å². The van der Waals surface area contributed by atoms with Crippen molar-refractivity contribution >= 4 is 15.9 Å². The maximum absolute atomic E-state index is 14.6. The summed E-state index contributed by atoms with van der Waals surface area (Å²) in [6.45, 7) is 2.93. The Labute approximate surface area is 193 Å². The Bertz CT molecular complexity index is 1120. The highest BCUT2D eigenvalue weighted by atomic mass is 32.2. The van der Waals surface area contributed by atoms with Crippen LogP contribution in [-0.2, 0) is 20.2 Å². The second-order valence-electron chi connectivity index (χ2n) is 8.76. The van der Waals surface area contributed by atoms with E-state index in [4.69, 9.17) is 4.74 Å². The van der Waals surface area contributed by atoms with Crippen LogP contribution in [0.15, 0.2) is 41.3 Å². The molecule has 4 rings (SSSR count). The summed E-state index contributed by atoms with van der Waals surface area (Å²) < 4.78 is 62.0. The predicted molar refractivity (Wildman–Crippen MR) is 120 cm³/mol. The Morgan fingerprint density at radius 1 is 1.09 bits per heavy atom. The van der Waals surface area contributed by atoms with Crippen molar-refractivity contribution in [1.82, 2.24) is 9.62 Å². The first kappa shape index (κ1) is 23.8. The molecule has 1 amide bonds. The van der Waals surface area contributed by atoms with Crippen LogP contribution in [0.2, 0.25) is 0 Å². The average molecular weight is 479 g/mol. The SMILES string of the molecule is Cc1ccc(C(=O)NCC2(c3c(F)cccc3F)CCCC2)cc1S(=O)(=O)N1CCOCC1. The summed E-state index contributed by atoms with van der Waals surface area (Å²) >= 11 is 0. The van der Waals surface area contributed by atoms with E-state index in [1.165, 1.54) is 28.6 Å². The molecule has 33 heavy (non-hydrogen) atoms. The number of sulfonamides is 1. The van der Waals surface area contributed by atoms with Crippen molar-refractivity contribution in [1.29, 1.82) is 0 Å². The molecule has 1 aliphatic heterocycles. The van der Waals surface area contributed by atoms with Crippen molar-refractivity contribution in [3.8, 4) is 0 Å². The summed E-state index contributed by atoms with van der Waals surface area (Å²) in [6.07, 6.45) is 2.76. The number of benzene rings is 2. The second-order valence-corrected chi connectivity index (χ2v) is 10.7. The molecule has 0 atom stereocenters. The molecular weight excluding hydrogens is 450 g/mol. The van der Waals surface area contributed by atoms with E-state index in [-0.39, 0.29) is 35.7 Å². The first-order valence-corrected chi connectivity index (χ1v) is 12.6. The second kappa shape index (κ2) is 9.48. The van der Waals surface area contributed by atoms with Crippen LogP contribution in [0, 0.1) is 18.6 Å². The Hall–Kier alpha value is -2.36. The van der Waals surface area contributed by atoms with Gasteiger partial charge in [-0.3, -0.25) is 4.79 Å². The summed E-state index contributed by atoms with van der Waals surface area (Å²) in [5, 5.41) is 2.81. The van der Waals surface area contributed by atoms with E-state index < -0.39 is 33.0 Å². The minimum Gasteiger partial charge on any atom is -0.379 e. The molecule has 1 N–H and O–H groups in total. The van der Waals surface area contributed by atoms with Gasteiger partial charge in [-0.2, -0.15) is 4.31 Å². The van der Waals surface area contributed by atoms with Crippen LogP contribution in [0.1, 0.15) is 47.2 Å². The van der Waals surface area contributed by atoms with Gasteiger partial charge in [-0.05, 0) is 49.6 Å². The molecule has 0 aromatic heterocycles. The highest BCUT2D eigenvalue weighted by Gasteiger charge is 2.40. The van der Waals surface area contributed by atoms with E-state index in [1.807, 2.05) is 0 Å². The molecule has 178 valence electrons. The minimum absolute atomic E-state index is 0.0160. The van der Waals surface area contributed by atoms with Gasteiger partial charge in [-0.25, -0.2) is 17.2 Å². The first-order chi connectivity index (χ1) is 15.7. The summed E-state index contributed by atoms with van der Waals surface area (Å²) in [7, 11) is -3.77. The molecule has 0 radical (unpaired) electrons. The van der Waals surface area contributed by atoms with Gasteiger partial charge in [-0.1, -0.05) is 25.0 Å². The van der Waals surface area contributed by atoms with E-state index in [0.717, 1.165) is 12.8 Å². The van der Waals surface area contributed by atoms with Crippen LogP contribution < -0.4 is 5.32 Å². The molecule has 1 aliphatic carbocycles. The maximum Gasteiger partial charge on any atom is 0.251 e. The van der Waals surface area contributed by atoms with Gasteiger partial charge < -0.3 is 10.1 Å². The number of rotatable bonds is 6. The molecule has 2 aliphatic rings. The molecule has 1 saturated carbocycles. The van der Waals surface area contributed by atoms with Gasteiger partial charge >= 0.3 is 0 Å². The number of amides is 1. The maximum atomic E-state index is 14.6. The zero-order valence-corrected chi connectivity index (χ0v) is 19.4. The van der Waals surface area contributed by atoms with Crippen LogP contribution in [-0.4, -0.2) is 51.5 Å². The number of carbonyl (C=O) groups excluding carboxylic acids is 1. The van der Waals surface area contributed by atoms with E-state index in [2.05, 4.69) is 5.32 Å². The van der Waals surface area contributed by atoms with Crippen LogP contribution in [0.25, 0.3) is 0 Å². The lowest BCUT2D eigenvalue weighted by molar-refractivity contribution is 0.0730. The number of hydrogen-bond acceptors (Lipinski definition) is 4. The summed E-state index contributed by atoms with van der Waals surface area (Å²) in [6, 6.07) is 8.35. The van der Waals surface area contributed by atoms with Crippen molar-refractivity contribution in [3.63, 3.8) is 0 Å². The molecule has 2 aromatic carbocycles. The molecule has 6 nitrogen and oxygen atoms in total. The van der Waals surface area contributed by atoms with Crippen molar-refractivity contribution in [2.75, 3.05) is 32.8 Å². The topological polar surface area (TPSA) is 75.7 Å². The molecule has 0 bridgehead atoms. The normalized spacial score (nSPS) is 18.9. The van der Waals surface area contributed by atoms with E-state index in [1.54, 1.807) is 19.1 Å². The first-order valence-electron chi connectivity index (χ1n) is 11.2. The molecule has 2 aromatic rings. The van der Waals surface area contributed by atoms with Gasteiger partial charge in [0.1, 0.15) is 11.6 Å². The fourth-order valence-electron chi connectivity index (χ4n) is 4.87. The Morgan fingerprint density at radius 3 is 2.36 bits per heavy atom. The van der Waals surface area contributed by atoms with Crippen LogP contribution in [0.4, 0.5) is 8.78 Å². The fourth-order valence-corrected chi connectivity index (χ4v) is 6.53. The summed E-state index contributed by atoms with van der Waals surface area (Å²) in [5.74, 6) is -1.70. The minimum atomic E-state index is -3.77. The van der Waals surface area contributed by atoms with Crippen molar-refractivity contribution in [2.45, 2.75) is 42.9 Å². The molecular formula is C24H28F2N2O4S. The van der Waals surface area contributed by atoms with Gasteiger partial charge in [0.05, 0.1) is 18.1 Å². The Kier molecular flexibility index (Phi) is 6.83. The van der Waals surface area contributed by atoms with E-state index in [0.29, 0.717) is 31.6 Å². The number of carbonyl (C=O) groups is 1. The number of halogens is 2. The van der Waals surface area contributed by atoms with Gasteiger partial charge in [0.25, 0.3) is 5.91 Å². The third-order valence-corrected chi connectivity index (χ3v) is 8.72. The number of aryl methyl sites for hydroxylation is 1. The third-order valence-electron chi connectivity index (χ3n) is 6.68. The van der Waals surface area contributed by atoms with Crippen LogP contribution >= 0.6 is 0 Å². The summed E-state index contributed by atoms with van der Waals surface area (Å²) in [5.41, 5.74) is -0.0750. The highest BCUT2D eigenvalue weighted by Crippen LogP contribution is 2.42. The molecule has 1 heterocycles. The monoisotopic (exact) mass is 478 g/mol. The number of morpholine rings is 1. The third kappa shape index (κ3) is 4.67. The zero-order valence-electron chi connectivity index (χ0n) is 18.6. The highest BCUT2D eigenvalue weighted by molar-refractivity contribution is 7.89. The average Bonchev–Trinajstić information content (AvgIpc) is 3.28. The lowest BCUT2D eigenvalue weighted by Crippen LogP contribution is -2.41. The molecule has 9 heteroatoms. The van der Waals surface area contributed by atoms with Crippen LogP contribution in [0.5, 0.6) is 0 Å². The number of nitrogens with zero attached hydrogens (tertiary/aromatic N) is 1. The van der Waals surface area contributed by atoms with E-state index >= 15 is 0 Å². The van der Waals surface area contributed by atoms with Crippen molar-refractivity contribution < 1.29 is 26.7 Å².